The summed E-state index contributed by atoms with van der Waals surface area (Å²) in [4.78, 5) is 44.3. The van der Waals surface area contributed by atoms with Crippen molar-refractivity contribution in [3.05, 3.63) is 101 Å². The van der Waals surface area contributed by atoms with Crippen molar-refractivity contribution >= 4 is 75.4 Å². The maximum Gasteiger partial charge on any atom is 0.305 e. The number of carbonyl (C=O) groups excluding carboxylic acids is 2. The van der Waals surface area contributed by atoms with E-state index in [0.717, 1.165) is 22.5 Å². The number of nitrogens with one attached hydrogen (secondary N) is 1. The molecule has 1 aromatic heterocycles. The first-order valence-corrected chi connectivity index (χ1v) is 14.9. The number of thiazole rings is 1. The molecule has 3 unspecified atom stereocenters. The lowest BCUT2D eigenvalue weighted by Crippen LogP contribution is -2.32. The van der Waals surface area contributed by atoms with Crippen molar-refractivity contribution in [1.29, 1.82) is 0 Å². The first-order chi connectivity index (χ1) is 19.2. The molecule has 6 rings (SSSR count). The zero-order chi connectivity index (χ0) is 28.1. The van der Waals surface area contributed by atoms with Crippen LogP contribution in [-0.2, 0) is 16.2 Å². The molecule has 3 atom stereocenters. The van der Waals surface area contributed by atoms with E-state index in [1.807, 2.05) is 6.07 Å². The molecule has 2 amide bonds. The molecule has 1 saturated heterocycles. The Morgan fingerprint density at radius 2 is 1.65 bits per heavy atom. The maximum atomic E-state index is 13.9. The van der Waals surface area contributed by atoms with Gasteiger partial charge in [-0.05, 0) is 54.1 Å². The number of ether oxygens (including phenoxy) is 2. The second-order valence-corrected chi connectivity index (χ2v) is 12.6. The van der Waals surface area contributed by atoms with Gasteiger partial charge >= 0.3 is 4.87 Å². The van der Waals surface area contributed by atoms with Crippen LogP contribution < -0.4 is 19.2 Å². The summed E-state index contributed by atoms with van der Waals surface area (Å²) >= 11 is 20.6. The van der Waals surface area contributed by atoms with Crippen LogP contribution >= 0.6 is 57.9 Å². The summed E-state index contributed by atoms with van der Waals surface area (Å²) in [6, 6.07) is 17.1. The number of amides is 2. The van der Waals surface area contributed by atoms with Gasteiger partial charge in [0, 0.05) is 31.4 Å². The Bertz CT molecular complexity index is 1710. The topological polar surface area (TPSA) is 88.7 Å². The average Bonchev–Trinajstić information content (AvgIpc) is 3.43. The summed E-state index contributed by atoms with van der Waals surface area (Å²) in [7, 11) is 1.52. The number of hydrogen-bond donors (Lipinski definition) is 1. The molecule has 3 heterocycles. The lowest BCUT2D eigenvalue weighted by Gasteiger charge is -2.30. The van der Waals surface area contributed by atoms with Gasteiger partial charge in [-0.15, -0.1) is 0 Å². The number of H-pyrrole nitrogens is 1. The van der Waals surface area contributed by atoms with Crippen LogP contribution in [0.5, 0.6) is 11.5 Å². The van der Waals surface area contributed by atoms with E-state index in [2.05, 4.69) is 4.98 Å². The Morgan fingerprint density at radius 3 is 2.38 bits per heavy atom. The van der Waals surface area contributed by atoms with Crippen LogP contribution in [0.3, 0.4) is 0 Å². The number of hydrogen-bond acceptors (Lipinski definition) is 7. The number of methoxy groups -OCH3 is 1. The molecule has 3 aromatic carbocycles. The van der Waals surface area contributed by atoms with Gasteiger partial charge in [0.2, 0.25) is 11.8 Å². The fourth-order valence-corrected chi connectivity index (χ4v) is 8.12. The maximum absolute atomic E-state index is 13.9. The number of halogens is 3. The van der Waals surface area contributed by atoms with Crippen LogP contribution in [0.15, 0.2) is 70.5 Å². The Labute approximate surface area is 252 Å². The molecule has 1 fully saturated rings. The van der Waals surface area contributed by atoms with Gasteiger partial charge in [-0.25, -0.2) is 4.90 Å². The molecule has 2 aliphatic rings. The second-order valence-electron chi connectivity index (χ2n) is 9.17. The number of fused-ring (bicyclic) bond motifs is 2. The normalized spacial score (nSPS) is 19.9. The summed E-state index contributed by atoms with van der Waals surface area (Å²) in [5, 5.41) is 1.40. The van der Waals surface area contributed by atoms with Crippen LogP contribution in [0.2, 0.25) is 15.1 Å². The van der Waals surface area contributed by atoms with Gasteiger partial charge in [-0.3, -0.25) is 14.4 Å². The van der Waals surface area contributed by atoms with Gasteiger partial charge < -0.3 is 14.5 Å². The highest BCUT2D eigenvalue weighted by Crippen LogP contribution is 2.53. The summed E-state index contributed by atoms with van der Waals surface area (Å²) < 4.78 is 11.7. The van der Waals surface area contributed by atoms with Crippen LogP contribution in [-0.4, -0.2) is 29.2 Å². The predicted octanol–water partition coefficient (Wildman–Crippen LogP) is 6.78. The van der Waals surface area contributed by atoms with Gasteiger partial charge in [0.15, 0.2) is 11.5 Å². The van der Waals surface area contributed by atoms with Crippen molar-refractivity contribution in [1.82, 2.24) is 4.98 Å². The molecule has 7 nitrogen and oxygen atoms in total. The SMILES string of the molecule is COc1cc(C2c3sc(=O)[nH]c3SC3C(=O)N(c4ccc(Cl)cc4)C(=O)C32)ccc1OCc1ccc(Cl)cc1Cl. The van der Waals surface area contributed by atoms with Crippen molar-refractivity contribution < 1.29 is 19.1 Å². The van der Waals surface area contributed by atoms with Crippen LogP contribution in [0, 0.1) is 5.92 Å². The van der Waals surface area contributed by atoms with Crippen molar-refractivity contribution in [2.75, 3.05) is 12.0 Å². The molecule has 1 N–H and O–H groups in total. The molecular formula is C28H19Cl3N2O5S2. The third kappa shape index (κ3) is 4.80. The number of imide groups is 1. The highest BCUT2D eigenvalue weighted by molar-refractivity contribution is 8.00. The number of aromatic nitrogens is 1. The first-order valence-electron chi connectivity index (χ1n) is 12.0. The number of benzene rings is 3. The average molecular weight is 634 g/mol. The summed E-state index contributed by atoms with van der Waals surface area (Å²) in [5.41, 5.74) is 1.93. The van der Waals surface area contributed by atoms with E-state index in [1.165, 1.54) is 23.8 Å². The molecule has 12 heteroatoms. The molecule has 2 aliphatic heterocycles. The van der Waals surface area contributed by atoms with Gasteiger partial charge in [-0.2, -0.15) is 0 Å². The fraction of sp³-hybridized carbons (Fsp3) is 0.179. The molecule has 0 spiro atoms. The van der Waals surface area contributed by atoms with E-state index >= 15 is 0 Å². The number of carbonyl (C=O) groups is 2. The van der Waals surface area contributed by atoms with Crippen LogP contribution in [0.4, 0.5) is 5.69 Å². The third-order valence-corrected chi connectivity index (χ3v) is 10.1. The highest BCUT2D eigenvalue weighted by atomic mass is 35.5. The third-order valence-electron chi connectivity index (χ3n) is 6.85. The largest absolute Gasteiger partial charge is 0.493 e. The number of nitrogens with zero attached hydrogens (tertiary/aromatic N) is 1. The van der Waals surface area contributed by atoms with E-state index in [9.17, 15) is 14.4 Å². The van der Waals surface area contributed by atoms with Gasteiger partial charge in [-0.1, -0.05) is 70.0 Å². The molecule has 204 valence electrons. The zero-order valence-corrected chi connectivity index (χ0v) is 24.6. The molecule has 0 aliphatic carbocycles. The lowest BCUT2D eigenvalue weighted by atomic mass is 9.83. The van der Waals surface area contributed by atoms with Crippen molar-refractivity contribution in [2.24, 2.45) is 5.92 Å². The predicted molar refractivity (Wildman–Crippen MR) is 158 cm³/mol. The van der Waals surface area contributed by atoms with E-state index < -0.39 is 17.1 Å². The Hall–Kier alpha value is -2.95. The van der Waals surface area contributed by atoms with Crippen molar-refractivity contribution in [2.45, 2.75) is 22.8 Å². The van der Waals surface area contributed by atoms with Gasteiger partial charge in [0.25, 0.3) is 0 Å². The Balaban J connectivity index is 1.37. The molecule has 4 aromatic rings. The minimum Gasteiger partial charge on any atom is -0.493 e. The van der Waals surface area contributed by atoms with Crippen molar-refractivity contribution in [3.63, 3.8) is 0 Å². The fourth-order valence-electron chi connectivity index (χ4n) is 5.01. The second kappa shape index (κ2) is 10.8. The molecule has 0 radical (unpaired) electrons. The standard InChI is InChI=1S/C28H19Cl3N2O5S2/c1-37-20-10-13(3-9-19(20)38-12-14-2-4-16(30)11-18(14)31)21-22-24(39-25-23(21)40-28(36)32-25)27(35)33(26(22)34)17-7-5-15(29)6-8-17/h2-11,21-22,24H,12H2,1H3,(H,32,36). The minimum absolute atomic E-state index is 0.184. The molecule has 0 bridgehead atoms. The Morgan fingerprint density at radius 1 is 0.900 bits per heavy atom. The van der Waals surface area contributed by atoms with E-state index in [1.54, 1.807) is 54.6 Å². The monoisotopic (exact) mass is 632 g/mol. The number of thioether (sulfide) groups is 1. The number of aromatic amines is 1. The highest BCUT2D eigenvalue weighted by Gasteiger charge is 2.56. The van der Waals surface area contributed by atoms with E-state index in [4.69, 9.17) is 44.3 Å². The first kappa shape index (κ1) is 27.2. The van der Waals surface area contributed by atoms with Gasteiger partial charge in [0.1, 0.15) is 11.9 Å². The van der Waals surface area contributed by atoms with Crippen LogP contribution in [0.25, 0.3) is 0 Å². The minimum atomic E-state index is -0.725. The summed E-state index contributed by atoms with van der Waals surface area (Å²) in [5.74, 6) is -1.04. The van der Waals surface area contributed by atoms with Crippen LogP contribution in [0.1, 0.15) is 21.9 Å². The number of anilines is 1. The molecular weight excluding hydrogens is 615 g/mol. The zero-order valence-electron chi connectivity index (χ0n) is 20.7. The quantitative estimate of drug-likeness (QED) is 0.236. The molecule has 40 heavy (non-hydrogen) atoms. The summed E-state index contributed by atoms with van der Waals surface area (Å²) in [6.07, 6.45) is 0. The smallest absolute Gasteiger partial charge is 0.305 e. The lowest BCUT2D eigenvalue weighted by molar-refractivity contribution is -0.122. The van der Waals surface area contributed by atoms with E-state index in [-0.39, 0.29) is 23.3 Å². The van der Waals surface area contributed by atoms with E-state index in [0.29, 0.717) is 42.2 Å². The number of rotatable bonds is 6. The molecule has 0 saturated carbocycles. The van der Waals surface area contributed by atoms with Gasteiger partial charge in [0.05, 0.1) is 23.7 Å². The Kier molecular flexibility index (Phi) is 7.35. The summed E-state index contributed by atoms with van der Waals surface area (Å²) in [6.45, 7) is 0.184. The van der Waals surface area contributed by atoms with Crippen molar-refractivity contribution in [3.8, 4) is 11.5 Å².